The third kappa shape index (κ3) is 2.42. The van der Waals surface area contributed by atoms with Gasteiger partial charge in [0.1, 0.15) is 6.04 Å². The topological polar surface area (TPSA) is 70.7 Å². The molecule has 0 bridgehead atoms. The summed E-state index contributed by atoms with van der Waals surface area (Å²) in [6.07, 6.45) is 5.39. The third-order valence-electron chi connectivity index (χ3n) is 2.72. The summed E-state index contributed by atoms with van der Waals surface area (Å²) < 4.78 is 1.81. The molecule has 90 valence electrons. The molecule has 0 aromatic carbocycles. The first-order valence-electron chi connectivity index (χ1n) is 5.29. The molecule has 0 aliphatic carbocycles. The fourth-order valence-corrected chi connectivity index (χ4v) is 1.54. The Kier molecular flexibility index (Phi) is 3.06. The number of hydrogen-bond donors (Lipinski definition) is 1. The number of fused-ring (bicyclic) bond motifs is 1. The summed E-state index contributed by atoms with van der Waals surface area (Å²) in [5, 5.41) is 8.89. The Bertz CT molecular complexity index is 504. The van der Waals surface area contributed by atoms with Gasteiger partial charge in [-0.2, -0.15) is 0 Å². The summed E-state index contributed by atoms with van der Waals surface area (Å²) in [4.78, 5) is 21.0. The molecule has 0 spiro atoms. The van der Waals surface area contributed by atoms with E-state index >= 15 is 0 Å². The van der Waals surface area contributed by atoms with E-state index in [9.17, 15) is 4.79 Å². The van der Waals surface area contributed by atoms with Gasteiger partial charge in [-0.15, -0.1) is 0 Å². The maximum absolute atomic E-state index is 10.8. The zero-order chi connectivity index (χ0) is 12.4. The van der Waals surface area contributed by atoms with Crippen molar-refractivity contribution in [2.24, 2.45) is 0 Å². The Labute approximate surface area is 98.5 Å². The Morgan fingerprint density at radius 1 is 1.65 bits per heavy atom. The number of imidazole rings is 1. The van der Waals surface area contributed by atoms with Crippen molar-refractivity contribution < 1.29 is 9.90 Å². The van der Waals surface area contributed by atoms with E-state index in [1.165, 1.54) is 0 Å². The van der Waals surface area contributed by atoms with Crippen molar-refractivity contribution in [3.8, 4) is 0 Å². The van der Waals surface area contributed by atoms with Crippen molar-refractivity contribution in [1.82, 2.24) is 19.3 Å². The highest BCUT2D eigenvalue weighted by atomic mass is 16.4. The Balaban J connectivity index is 2.15. The number of likely N-dealkylation sites (N-methyl/N-ethyl adjacent to an activating group) is 1. The monoisotopic (exact) mass is 234 g/mol. The van der Waals surface area contributed by atoms with Gasteiger partial charge in [-0.1, -0.05) is 0 Å². The van der Waals surface area contributed by atoms with Crippen LogP contribution >= 0.6 is 0 Å². The summed E-state index contributed by atoms with van der Waals surface area (Å²) in [6.45, 7) is 2.13. The van der Waals surface area contributed by atoms with Gasteiger partial charge < -0.3 is 5.11 Å². The normalized spacial score (nSPS) is 13.1. The van der Waals surface area contributed by atoms with E-state index in [0.717, 1.165) is 5.69 Å². The van der Waals surface area contributed by atoms with Crippen molar-refractivity contribution in [1.29, 1.82) is 0 Å². The molecule has 1 atom stereocenters. The van der Waals surface area contributed by atoms with Gasteiger partial charge >= 0.3 is 5.97 Å². The molecule has 17 heavy (non-hydrogen) atoms. The molecule has 0 saturated carbocycles. The lowest BCUT2D eigenvalue weighted by Crippen LogP contribution is -2.35. The number of nitrogens with zero attached hydrogens (tertiary/aromatic N) is 4. The summed E-state index contributed by atoms with van der Waals surface area (Å²) >= 11 is 0. The van der Waals surface area contributed by atoms with E-state index in [0.29, 0.717) is 12.3 Å². The van der Waals surface area contributed by atoms with Gasteiger partial charge in [0.05, 0.1) is 5.69 Å². The number of carbonyl (C=O) groups is 1. The van der Waals surface area contributed by atoms with Crippen LogP contribution < -0.4 is 0 Å². The van der Waals surface area contributed by atoms with Crippen LogP contribution in [0.1, 0.15) is 12.6 Å². The van der Waals surface area contributed by atoms with Gasteiger partial charge in [0.15, 0.2) is 0 Å². The molecule has 6 heteroatoms. The first-order chi connectivity index (χ1) is 8.08. The van der Waals surface area contributed by atoms with Crippen molar-refractivity contribution in [3.05, 3.63) is 30.4 Å². The number of aromatic nitrogens is 3. The molecule has 2 aromatic rings. The molecule has 0 radical (unpaired) electrons. The van der Waals surface area contributed by atoms with Crippen molar-refractivity contribution in [3.63, 3.8) is 0 Å². The Morgan fingerprint density at radius 2 is 2.41 bits per heavy atom. The molecule has 0 amide bonds. The predicted octanol–water partition coefficient (Wildman–Crippen LogP) is 0.634. The lowest BCUT2D eigenvalue weighted by molar-refractivity contribution is -0.142. The molecule has 0 saturated heterocycles. The van der Waals surface area contributed by atoms with E-state index in [2.05, 4.69) is 9.97 Å². The van der Waals surface area contributed by atoms with Crippen LogP contribution in [0.25, 0.3) is 5.78 Å². The molecule has 6 nitrogen and oxygen atoms in total. The Morgan fingerprint density at radius 3 is 3.06 bits per heavy atom. The van der Waals surface area contributed by atoms with Gasteiger partial charge in [0, 0.05) is 25.1 Å². The molecule has 2 rings (SSSR count). The average molecular weight is 234 g/mol. The van der Waals surface area contributed by atoms with Gasteiger partial charge in [0.25, 0.3) is 0 Å². The summed E-state index contributed by atoms with van der Waals surface area (Å²) in [5.41, 5.74) is 0.805. The van der Waals surface area contributed by atoms with E-state index in [4.69, 9.17) is 5.11 Å². The van der Waals surface area contributed by atoms with Gasteiger partial charge in [-0.25, -0.2) is 9.97 Å². The number of carboxylic acid groups (broad SMARTS) is 1. The van der Waals surface area contributed by atoms with Crippen LogP contribution in [0.15, 0.2) is 24.7 Å². The minimum atomic E-state index is -0.839. The second-order valence-corrected chi connectivity index (χ2v) is 3.99. The third-order valence-corrected chi connectivity index (χ3v) is 2.72. The van der Waals surface area contributed by atoms with E-state index in [-0.39, 0.29) is 0 Å². The van der Waals surface area contributed by atoms with Crippen LogP contribution in [0, 0.1) is 0 Å². The van der Waals surface area contributed by atoms with Crippen LogP contribution in [-0.2, 0) is 11.3 Å². The van der Waals surface area contributed by atoms with Gasteiger partial charge in [-0.05, 0) is 20.0 Å². The number of aliphatic carboxylic acids is 1. The quantitative estimate of drug-likeness (QED) is 0.840. The SMILES string of the molecule is CC(C(=O)O)N(C)Cc1cn2cccnc2n1. The lowest BCUT2D eigenvalue weighted by Gasteiger charge is -2.19. The molecule has 2 heterocycles. The molecule has 1 N–H and O–H groups in total. The molecule has 0 fully saturated rings. The van der Waals surface area contributed by atoms with Crippen LogP contribution in [0.3, 0.4) is 0 Å². The largest absolute Gasteiger partial charge is 0.480 e. The molecule has 1 unspecified atom stereocenters. The van der Waals surface area contributed by atoms with Gasteiger partial charge in [0.2, 0.25) is 5.78 Å². The molecular weight excluding hydrogens is 220 g/mol. The highest BCUT2D eigenvalue weighted by Gasteiger charge is 2.17. The van der Waals surface area contributed by atoms with E-state index < -0.39 is 12.0 Å². The lowest BCUT2D eigenvalue weighted by atomic mass is 10.3. The Hall–Kier alpha value is -1.95. The predicted molar refractivity (Wildman–Crippen MR) is 61.6 cm³/mol. The van der Waals surface area contributed by atoms with Crippen LogP contribution in [0.4, 0.5) is 0 Å². The molecule has 0 aliphatic rings. The highest BCUT2D eigenvalue weighted by Crippen LogP contribution is 2.06. The summed E-state index contributed by atoms with van der Waals surface area (Å²) in [6, 6.07) is 1.29. The highest BCUT2D eigenvalue weighted by molar-refractivity contribution is 5.72. The minimum Gasteiger partial charge on any atom is -0.480 e. The standard InChI is InChI=1S/C11H14N4O2/c1-8(10(16)17)14(2)6-9-7-15-5-3-4-12-11(15)13-9/h3-5,7-8H,6H2,1-2H3,(H,16,17). The molecule has 2 aromatic heterocycles. The maximum Gasteiger partial charge on any atom is 0.320 e. The second-order valence-electron chi connectivity index (χ2n) is 3.99. The van der Waals surface area contributed by atoms with E-state index in [1.54, 1.807) is 25.1 Å². The van der Waals surface area contributed by atoms with Crippen LogP contribution in [0.5, 0.6) is 0 Å². The van der Waals surface area contributed by atoms with Crippen LogP contribution in [-0.4, -0.2) is 43.4 Å². The fourth-order valence-electron chi connectivity index (χ4n) is 1.54. The first-order valence-corrected chi connectivity index (χ1v) is 5.29. The number of rotatable bonds is 4. The van der Waals surface area contributed by atoms with Crippen molar-refractivity contribution >= 4 is 11.7 Å². The smallest absolute Gasteiger partial charge is 0.320 e. The molecule has 0 aliphatic heterocycles. The van der Waals surface area contributed by atoms with Crippen molar-refractivity contribution in [2.75, 3.05) is 7.05 Å². The van der Waals surface area contributed by atoms with Crippen LogP contribution in [0.2, 0.25) is 0 Å². The maximum atomic E-state index is 10.8. The van der Waals surface area contributed by atoms with E-state index in [1.807, 2.05) is 22.9 Å². The number of hydrogen-bond acceptors (Lipinski definition) is 4. The van der Waals surface area contributed by atoms with Crippen molar-refractivity contribution in [2.45, 2.75) is 19.5 Å². The minimum absolute atomic E-state index is 0.483. The number of carboxylic acids is 1. The van der Waals surface area contributed by atoms with Gasteiger partial charge in [-0.3, -0.25) is 14.1 Å². The first kappa shape index (κ1) is 11.5. The summed E-state index contributed by atoms with van der Waals surface area (Å²) in [7, 11) is 1.76. The summed E-state index contributed by atoms with van der Waals surface area (Å²) in [5.74, 6) is -0.215. The zero-order valence-corrected chi connectivity index (χ0v) is 9.74. The average Bonchev–Trinajstić information content (AvgIpc) is 2.69. The second kappa shape index (κ2) is 4.50. The molecular formula is C11H14N4O2. The zero-order valence-electron chi connectivity index (χ0n) is 9.74. The fraction of sp³-hybridized carbons (Fsp3) is 0.364.